The van der Waals surface area contributed by atoms with Crippen LogP contribution in [-0.4, -0.2) is 28.2 Å². The first kappa shape index (κ1) is 11.9. The Morgan fingerprint density at radius 2 is 2.12 bits per heavy atom. The number of rotatable bonds is 3. The van der Waals surface area contributed by atoms with E-state index in [0.717, 1.165) is 31.6 Å². The molecule has 1 saturated carbocycles. The minimum absolute atomic E-state index is 0.0238. The summed E-state index contributed by atoms with van der Waals surface area (Å²) in [5, 5.41) is 9.12. The number of carbonyl (C=O) groups is 1. The Kier molecular flexibility index (Phi) is 3.61. The second kappa shape index (κ2) is 5.16. The lowest BCUT2D eigenvalue weighted by Crippen LogP contribution is -2.27. The van der Waals surface area contributed by atoms with E-state index in [9.17, 15) is 4.79 Å². The molecule has 1 heterocycles. The summed E-state index contributed by atoms with van der Waals surface area (Å²) < 4.78 is 4.83. The summed E-state index contributed by atoms with van der Waals surface area (Å²) in [5.74, 6) is 1.22. The summed E-state index contributed by atoms with van der Waals surface area (Å²) in [6.07, 6.45) is 4.16. The summed E-state index contributed by atoms with van der Waals surface area (Å²) in [5.41, 5.74) is 0. The lowest BCUT2D eigenvalue weighted by atomic mass is 9.82. The molecule has 0 aromatic carbocycles. The zero-order valence-electron chi connectivity index (χ0n) is 10.2. The fraction of sp³-hybridized carbons (Fsp3) is 0.727. The molecule has 1 aliphatic carbocycles. The zero-order valence-corrected chi connectivity index (χ0v) is 10.2. The van der Waals surface area contributed by atoms with Crippen molar-refractivity contribution in [3.63, 3.8) is 0 Å². The Morgan fingerprint density at radius 3 is 2.71 bits per heavy atom. The van der Waals surface area contributed by atoms with E-state index < -0.39 is 0 Å². The summed E-state index contributed by atoms with van der Waals surface area (Å²) >= 11 is 0. The molecule has 1 fully saturated rings. The molecule has 6 heteroatoms. The number of nitrogens with zero attached hydrogens (tertiary/aromatic N) is 2. The van der Waals surface area contributed by atoms with Crippen LogP contribution < -0.4 is 10.1 Å². The van der Waals surface area contributed by atoms with E-state index in [0.29, 0.717) is 5.95 Å². The molecule has 94 valence electrons. The minimum Gasteiger partial charge on any atom is -0.466 e. The SMILES string of the molecule is COc1n[nH]c(NC(=O)C2CCC(C)CC2)n1. The van der Waals surface area contributed by atoms with Gasteiger partial charge in [0.25, 0.3) is 0 Å². The number of hydrogen-bond acceptors (Lipinski definition) is 4. The van der Waals surface area contributed by atoms with Crippen molar-refractivity contribution in [3.8, 4) is 6.01 Å². The third-order valence-electron chi connectivity index (χ3n) is 3.28. The van der Waals surface area contributed by atoms with Gasteiger partial charge in [-0.05, 0) is 31.6 Å². The van der Waals surface area contributed by atoms with Crippen LogP contribution in [0.2, 0.25) is 0 Å². The van der Waals surface area contributed by atoms with Crippen LogP contribution in [0.1, 0.15) is 32.6 Å². The largest absolute Gasteiger partial charge is 0.466 e. The van der Waals surface area contributed by atoms with Gasteiger partial charge >= 0.3 is 6.01 Å². The topological polar surface area (TPSA) is 79.9 Å². The number of ether oxygens (including phenoxy) is 1. The number of anilines is 1. The molecule has 0 saturated heterocycles. The van der Waals surface area contributed by atoms with Crippen molar-refractivity contribution >= 4 is 11.9 Å². The van der Waals surface area contributed by atoms with E-state index in [2.05, 4.69) is 27.4 Å². The van der Waals surface area contributed by atoms with Gasteiger partial charge in [0.1, 0.15) is 0 Å². The highest BCUT2D eigenvalue weighted by Gasteiger charge is 2.24. The molecule has 1 aromatic heterocycles. The zero-order chi connectivity index (χ0) is 12.3. The fourth-order valence-electron chi connectivity index (χ4n) is 2.13. The van der Waals surface area contributed by atoms with Crippen molar-refractivity contribution in [2.75, 3.05) is 12.4 Å². The molecular weight excluding hydrogens is 220 g/mol. The molecule has 1 aliphatic rings. The van der Waals surface area contributed by atoms with Gasteiger partial charge in [-0.2, -0.15) is 4.98 Å². The van der Waals surface area contributed by atoms with E-state index >= 15 is 0 Å². The van der Waals surface area contributed by atoms with Crippen LogP contribution in [0, 0.1) is 11.8 Å². The number of aromatic amines is 1. The summed E-state index contributed by atoms with van der Waals surface area (Å²) in [4.78, 5) is 15.9. The summed E-state index contributed by atoms with van der Waals surface area (Å²) in [7, 11) is 1.48. The van der Waals surface area contributed by atoms with E-state index in [-0.39, 0.29) is 17.8 Å². The van der Waals surface area contributed by atoms with Crippen LogP contribution in [0.3, 0.4) is 0 Å². The quantitative estimate of drug-likeness (QED) is 0.837. The van der Waals surface area contributed by atoms with Crippen molar-refractivity contribution in [3.05, 3.63) is 0 Å². The van der Waals surface area contributed by atoms with Gasteiger partial charge in [0.15, 0.2) is 0 Å². The third kappa shape index (κ3) is 2.95. The second-order valence-corrected chi connectivity index (χ2v) is 4.62. The molecule has 0 spiro atoms. The lowest BCUT2D eigenvalue weighted by Gasteiger charge is -2.24. The molecular formula is C11H18N4O2. The lowest BCUT2D eigenvalue weighted by molar-refractivity contribution is -0.121. The molecule has 2 N–H and O–H groups in total. The number of nitrogens with one attached hydrogen (secondary N) is 2. The Bertz CT molecular complexity index is 383. The Hall–Kier alpha value is -1.59. The van der Waals surface area contributed by atoms with Crippen LogP contribution in [0.25, 0.3) is 0 Å². The van der Waals surface area contributed by atoms with Crippen molar-refractivity contribution in [1.29, 1.82) is 0 Å². The molecule has 0 aliphatic heterocycles. The van der Waals surface area contributed by atoms with Crippen molar-refractivity contribution in [1.82, 2.24) is 15.2 Å². The highest BCUT2D eigenvalue weighted by atomic mass is 16.5. The number of carbonyl (C=O) groups excluding carboxylic acids is 1. The van der Waals surface area contributed by atoms with Gasteiger partial charge in [0, 0.05) is 5.92 Å². The fourth-order valence-corrected chi connectivity index (χ4v) is 2.13. The van der Waals surface area contributed by atoms with Gasteiger partial charge in [-0.1, -0.05) is 6.92 Å². The first-order chi connectivity index (χ1) is 8.19. The van der Waals surface area contributed by atoms with E-state index in [1.165, 1.54) is 7.11 Å². The molecule has 2 rings (SSSR count). The molecule has 0 unspecified atom stereocenters. The Balaban J connectivity index is 1.88. The van der Waals surface area contributed by atoms with Crippen LogP contribution in [0.4, 0.5) is 5.95 Å². The van der Waals surface area contributed by atoms with Crippen molar-refractivity contribution in [2.24, 2.45) is 11.8 Å². The second-order valence-electron chi connectivity index (χ2n) is 4.62. The predicted molar refractivity (Wildman–Crippen MR) is 62.7 cm³/mol. The third-order valence-corrected chi connectivity index (χ3v) is 3.28. The number of amides is 1. The molecule has 0 bridgehead atoms. The minimum atomic E-state index is 0.0238. The van der Waals surface area contributed by atoms with Crippen LogP contribution in [-0.2, 0) is 4.79 Å². The first-order valence-electron chi connectivity index (χ1n) is 5.96. The van der Waals surface area contributed by atoms with E-state index in [1.807, 2.05) is 0 Å². The average molecular weight is 238 g/mol. The van der Waals surface area contributed by atoms with Crippen LogP contribution in [0.15, 0.2) is 0 Å². The number of hydrogen-bond donors (Lipinski definition) is 2. The van der Waals surface area contributed by atoms with Gasteiger partial charge in [0.2, 0.25) is 11.9 Å². The monoisotopic (exact) mass is 238 g/mol. The molecule has 0 atom stereocenters. The van der Waals surface area contributed by atoms with Gasteiger partial charge < -0.3 is 4.74 Å². The first-order valence-corrected chi connectivity index (χ1v) is 5.96. The van der Waals surface area contributed by atoms with Crippen molar-refractivity contribution < 1.29 is 9.53 Å². The van der Waals surface area contributed by atoms with Crippen molar-refractivity contribution in [2.45, 2.75) is 32.6 Å². The molecule has 0 radical (unpaired) electrons. The van der Waals surface area contributed by atoms with Gasteiger partial charge in [-0.25, -0.2) is 5.10 Å². The maximum Gasteiger partial charge on any atom is 0.336 e. The number of aromatic nitrogens is 3. The highest BCUT2D eigenvalue weighted by Crippen LogP contribution is 2.28. The average Bonchev–Trinajstić information content (AvgIpc) is 2.77. The molecule has 17 heavy (non-hydrogen) atoms. The summed E-state index contributed by atoms with van der Waals surface area (Å²) in [6.45, 7) is 2.23. The molecule has 1 amide bonds. The Labute approximate surface area is 100 Å². The van der Waals surface area contributed by atoms with E-state index in [4.69, 9.17) is 4.74 Å². The Morgan fingerprint density at radius 1 is 1.41 bits per heavy atom. The van der Waals surface area contributed by atoms with Gasteiger partial charge in [-0.15, -0.1) is 5.10 Å². The van der Waals surface area contributed by atoms with Gasteiger partial charge in [0.05, 0.1) is 7.11 Å². The van der Waals surface area contributed by atoms with Crippen LogP contribution >= 0.6 is 0 Å². The van der Waals surface area contributed by atoms with E-state index in [1.54, 1.807) is 0 Å². The smallest absolute Gasteiger partial charge is 0.336 e. The maximum absolute atomic E-state index is 11.9. The number of methoxy groups -OCH3 is 1. The maximum atomic E-state index is 11.9. The molecule has 1 aromatic rings. The molecule has 6 nitrogen and oxygen atoms in total. The standard InChI is InChI=1S/C11H18N4O2/c1-7-3-5-8(6-4-7)9(16)12-10-13-11(17-2)15-14-10/h7-8H,3-6H2,1-2H3,(H2,12,13,14,15,16). The summed E-state index contributed by atoms with van der Waals surface area (Å²) in [6, 6.07) is 0.234. The van der Waals surface area contributed by atoms with Gasteiger partial charge in [-0.3, -0.25) is 10.1 Å². The normalized spacial score (nSPS) is 24.4. The number of H-pyrrole nitrogens is 1. The predicted octanol–water partition coefficient (Wildman–Crippen LogP) is 1.58. The van der Waals surface area contributed by atoms with Crippen LogP contribution in [0.5, 0.6) is 6.01 Å². The highest BCUT2D eigenvalue weighted by molar-refractivity contribution is 5.90.